The molecular weight excluding hydrogens is 156 g/mol. The van der Waals surface area contributed by atoms with Crippen molar-refractivity contribution in [1.29, 1.82) is 5.26 Å². The molecule has 3 nitrogen and oxygen atoms in total. The summed E-state index contributed by atoms with van der Waals surface area (Å²) in [6.45, 7) is 1.31. The molecule has 5 heteroatoms. The van der Waals surface area contributed by atoms with Gasteiger partial charge in [0.05, 0.1) is 12.7 Å². The van der Waals surface area contributed by atoms with Gasteiger partial charge in [-0.15, -0.1) is 0 Å². The fourth-order valence-corrected chi connectivity index (χ4v) is 0.408. The molecule has 0 rings (SSSR count). The van der Waals surface area contributed by atoms with Crippen molar-refractivity contribution in [2.24, 2.45) is 0 Å². The van der Waals surface area contributed by atoms with E-state index in [-0.39, 0.29) is 6.61 Å². The second-order valence-electron chi connectivity index (χ2n) is 1.76. The monoisotopic (exact) mass is 163 g/mol. The first-order valence-corrected chi connectivity index (χ1v) is 2.96. The maximum Gasteiger partial charge on any atom is 0.378 e. The van der Waals surface area contributed by atoms with E-state index in [4.69, 9.17) is 5.26 Å². The molecule has 0 amide bonds. The van der Waals surface area contributed by atoms with E-state index in [0.717, 1.165) is 0 Å². The molecule has 0 radical (unpaired) electrons. The molecule has 0 heterocycles. The molecule has 0 atom stereocenters. The Hall–Kier alpha value is -1.18. The number of nitriles is 1. The molecule has 62 valence electrons. The van der Waals surface area contributed by atoms with E-state index in [1.54, 1.807) is 0 Å². The predicted molar refractivity (Wildman–Crippen MR) is 31.8 cm³/mol. The Kier molecular flexibility index (Phi) is 3.45. The highest BCUT2D eigenvalue weighted by Crippen LogP contribution is 2.19. The molecule has 0 aromatic rings. The first-order valence-electron chi connectivity index (χ1n) is 2.96. The zero-order chi connectivity index (χ0) is 8.91. The first kappa shape index (κ1) is 9.82. The Morgan fingerprint density at radius 2 is 2.27 bits per heavy atom. The fraction of sp³-hybridized carbons (Fsp3) is 0.667. The van der Waals surface area contributed by atoms with Crippen LogP contribution in [0.3, 0.4) is 0 Å². The lowest BCUT2D eigenvalue weighted by Crippen LogP contribution is -2.30. The summed E-state index contributed by atoms with van der Waals surface area (Å²) in [6, 6.07) is 1.20. The van der Waals surface area contributed by atoms with Gasteiger partial charge in [-0.3, -0.25) is 0 Å². The van der Waals surface area contributed by atoms with Crippen molar-refractivity contribution >= 4 is 5.97 Å². The molecule has 0 aliphatic heterocycles. The van der Waals surface area contributed by atoms with Gasteiger partial charge in [-0.25, -0.2) is 4.79 Å². The molecule has 0 N–H and O–H groups in total. The largest absolute Gasteiger partial charge is 0.462 e. The molecule has 0 aromatic heterocycles. The zero-order valence-electron chi connectivity index (χ0n) is 5.93. The van der Waals surface area contributed by atoms with Crippen LogP contribution in [0, 0.1) is 11.3 Å². The molecule has 0 aliphatic rings. The van der Waals surface area contributed by atoms with Gasteiger partial charge >= 0.3 is 11.9 Å². The summed E-state index contributed by atoms with van der Waals surface area (Å²) in [6.07, 6.45) is -1.13. The van der Waals surface area contributed by atoms with E-state index in [0.29, 0.717) is 0 Å². The third kappa shape index (κ3) is 2.94. The number of hydrogen-bond acceptors (Lipinski definition) is 3. The van der Waals surface area contributed by atoms with E-state index < -0.39 is 18.3 Å². The average Bonchev–Trinajstić information content (AvgIpc) is 1.88. The van der Waals surface area contributed by atoms with Crippen LogP contribution >= 0.6 is 0 Å². The zero-order valence-corrected chi connectivity index (χ0v) is 5.93. The number of rotatable bonds is 3. The third-order valence-electron chi connectivity index (χ3n) is 0.875. The molecule has 0 spiro atoms. The summed E-state index contributed by atoms with van der Waals surface area (Å²) in [5.74, 6) is -5.30. The Morgan fingerprint density at radius 3 is 2.64 bits per heavy atom. The highest BCUT2D eigenvalue weighted by molar-refractivity contribution is 5.77. The van der Waals surface area contributed by atoms with Crippen LogP contribution in [0.1, 0.15) is 13.3 Å². The van der Waals surface area contributed by atoms with Crippen LogP contribution in [0.25, 0.3) is 0 Å². The second kappa shape index (κ2) is 3.86. The molecule has 0 fully saturated rings. The van der Waals surface area contributed by atoms with Gasteiger partial charge in [-0.1, -0.05) is 0 Å². The molecular formula is C6H7F2NO2. The van der Waals surface area contributed by atoms with Crippen molar-refractivity contribution in [1.82, 2.24) is 0 Å². The van der Waals surface area contributed by atoms with Crippen LogP contribution in [0.4, 0.5) is 8.78 Å². The van der Waals surface area contributed by atoms with Crippen molar-refractivity contribution in [3.05, 3.63) is 0 Å². The molecule has 11 heavy (non-hydrogen) atoms. The van der Waals surface area contributed by atoms with E-state index in [1.165, 1.54) is 13.0 Å². The minimum Gasteiger partial charge on any atom is -0.462 e. The second-order valence-corrected chi connectivity index (χ2v) is 1.76. The van der Waals surface area contributed by atoms with Crippen molar-refractivity contribution in [3.8, 4) is 6.07 Å². The van der Waals surface area contributed by atoms with Crippen molar-refractivity contribution in [2.45, 2.75) is 19.3 Å². The normalized spacial score (nSPS) is 10.4. The maximum absolute atomic E-state index is 12.3. The average molecular weight is 163 g/mol. The van der Waals surface area contributed by atoms with Gasteiger partial charge in [0, 0.05) is 0 Å². The Bertz CT molecular complexity index is 186. The number of nitrogens with zero attached hydrogens (tertiary/aromatic N) is 1. The quantitative estimate of drug-likeness (QED) is 0.585. The van der Waals surface area contributed by atoms with E-state index in [1.807, 2.05) is 0 Å². The molecule has 0 aliphatic carbocycles. The standard InChI is InChI=1S/C6H7F2NO2/c1-2-11-5(10)6(7,8)3-4-9/h2-3H2,1H3. The SMILES string of the molecule is CCOC(=O)C(F)(F)CC#N. The molecule has 0 saturated heterocycles. The summed E-state index contributed by atoms with van der Waals surface area (Å²) in [5, 5.41) is 7.88. The Balaban J connectivity index is 4.08. The highest BCUT2D eigenvalue weighted by atomic mass is 19.3. The van der Waals surface area contributed by atoms with Gasteiger partial charge in [0.25, 0.3) is 0 Å². The first-order chi connectivity index (χ1) is 5.04. The van der Waals surface area contributed by atoms with Crippen molar-refractivity contribution < 1.29 is 18.3 Å². The molecule has 0 aromatic carbocycles. The van der Waals surface area contributed by atoms with E-state index in [9.17, 15) is 13.6 Å². The van der Waals surface area contributed by atoms with Crippen molar-refractivity contribution in [3.63, 3.8) is 0 Å². The van der Waals surface area contributed by atoms with Gasteiger partial charge in [0.15, 0.2) is 0 Å². The van der Waals surface area contributed by atoms with E-state index in [2.05, 4.69) is 4.74 Å². The number of esters is 1. The number of halogens is 2. The number of carbonyl (C=O) groups excluding carboxylic acids is 1. The molecule has 0 unspecified atom stereocenters. The Labute approximate surface area is 62.6 Å². The maximum atomic E-state index is 12.3. The number of alkyl halides is 2. The molecule has 0 bridgehead atoms. The number of hydrogen-bond donors (Lipinski definition) is 0. The number of ether oxygens (including phenoxy) is 1. The van der Waals surface area contributed by atoms with Gasteiger partial charge in [-0.05, 0) is 6.92 Å². The van der Waals surface area contributed by atoms with Gasteiger partial charge in [-0.2, -0.15) is 14.0 Å². The summed E-state index contributed by atoms with van der Waals surface area (Å²) in [5.41, 5.74) is 0. The van der Waals surface area contributed by atoms with Crippen LogP contribution in [0.5, 0.6) is 0 Å². The highest BCUT2D eigenvalue weighted by Gasteiger charge is 2.40. The fourth-order valence-electron chi connectivity index (χ4n) is 0.408. The van der Waals surface area contributed by atoms with Gasteiger partial charge < -0.3 is 4.74 Å². The minimum absolute atomic E-state index is 0.111. The lowest BCUT2D eigenvalue weighted by Gasteiger charge is -2.09. The predicted octanol–water partition coefficient (Wildman–Crippen LogP) is 1.10. The summed E-state index contributed by atoms with van der Waals surface area (Å²) < 4.78 is 28.6. The smallest absolute Gasteiger partial charge is 0.378 e. The van der Waals surface area contributed by atoms with Crippen LogP contribution < -0.4 is 0 Å². The van der Waals surface area contributed by atoms with Crippen LogP contribution in [-0.2, 0) is 9.53 Å². The summed E-state index contributed by atoms with van der Waals surface area (Å²) in [4.78, 5) is 10.3. The summed E-state index contributed by atoms with van der Waals surface area (Å²) in [7, 11) is 0. The van der Waals surface area contributed by atoms with E-state index >= 15 is 0 Å². The van der Waals surface area contributed by atoms with Crippen LogP contribution in [0.2, 0.25) is 0 Å². The van der Waals surface area contributed by atoms with Gasteiger partial charge in [0.2, 0.25) is 0 Å². The lowest BCUT2D eigenvalue weighted by atomic mass is 10.2. The molecule has 0 saturated carbocycles. The van der Waals surface area contributed by atoms with Crippen LogP contribution in [0.15, 0.2) is 0 Å². The third-order valence-corrected chi connectivity index (χ3v) is 0.875. The number of carbonyl (C=O) groups is 1. The van der Waals surface area contributed by atoms with Crippen LogP contribution in [-0.4, -0.2) is 18.5 Å². The lowest BCUT2D eigenvalue weighted by molar-refractivity contribution is -0.170. The van der Waals surface area contributed by atoms with Crippen molar-refractivity contribution in [2.75, 3.05) is 6.61 Å². The Morgan fingerprint density at radius 1 is 1.73 bits per heavy atom. The van der Waals surface area contributed by atoms with Gasteiger partial charge in [0.1, 0.15) is 6.42 Å². The topological polar surface area (TPSA) is 50.1 Å². The summed E-state index contributed by atoms with van der Waals surface area (Å²) >= 11 is 0. The minimum atomic E-state index is -3.66.